The van der Waals surface area contributed by atoms with Crippen molar-refractivity contribution in [2.75, 3.05) is 31.1 Å². The summed E-state index contributed by atoms with van der Waals surface area (Å²) in [4.78, 5) is 3.73. The smallest absolute Gasteiger partial charge is 0.214 e. The zero-order valence-corrected chi connectivity index (χ0v) is 17.8. The Morgan fingerprint density at radius 2 is 1.61 bits per heavy atom. The molecule has 2 heterocycles. The Morgan fingerprint density at radius 1 is 0.903 bits per heavy atom. The van der Waals surface area contributed by atoms with Crippen molar-refractivity contribution in [3.05, 3.63) is 71.8 Å². The Kier molecular flexibility index (Phi) is 5.93. The van der Waals surface area contributed by atoms with Crippen LogP contribution in [0.3, 0.4) is 0 Å². The molecule has 0 unspecified atom stereocenters. The maximum absolute atomic E-state index is 15.0. The van der Waals surface area contributed by atoms with Gasteiger partial charge in [0.1, 0.15) is 5.82 Å². The van der Waals surface area contributed by atoms with E-state index in [0.717, 1.165) is 44.8 Å². The summed E-state index contributed by atoms with van der Waals surface area (Å²) in [6.07, 6.45) is 5.88. The van der Waals surface area contributed by atoms with Gasteiger partial charge in [-0.1, -0.05) is 49.6 Å². The van der Waals surface area contributed by atoms with Crippen LogP contribution in [0.25, 0.3) is 0 Å². The van der Waals surface area contributed by atoms with Gasteiger partial charge < -0.3 is 9.80 Å². The molecular formula is C24H30FN6+. The number of halogens is 1. The molecule has 162 valence electrons. The molecule has 1 aliphatic carbocycles. The zero-order chi connectivity index (χ0) is 21.0. The molecule has 1 N–H and O–H groups in total. The molecule has 7 heteroatoms. The lowest BCUT2D eigenvalue weighted by Gasteiger charge is -2.37. The maximum atomic E-state index is 15.0. The molecule has 1 saturated carbocycles. The third kappa shape index (κ3) is 4.19. The molecule has 1 saturated heterocycles. The molecule has 5 rings (SSSR count). The highest BCUT2D eigenvalue weighted by molar-refractivity contribution is 5.46. The first-order chi connectivity index (χ1) is 15.3. The van der Waals surface area contributed by atoms with E-state index in [1.54, 1.807) is 12.1 Å². The molecule has 31 heavy (non-hydrogen) atoms. The predicted molar refractivity (Wildman–Crippen MR) is 118 cm³/mol. The molecule has 0 amide bonds. The van der Waals surface area contributed by atoms with Crippen molar-refractivity contribution in [1.82, 2.24) is 20.2 Å². The molecule has 6 nitrogen and oxygen atoms in total. The van der Waals surface area contributed by atoms with Crippen molar-refractivity contribution >= 4 is 5.69 Å². The van der Waals surface area contributed by atoms with Crippen LogP contribution in [0.5, 0.6) is 0 Å². The second-order valence-electron chi connectivity index (χ2n) is 8.71. The lowest BCUT2D eigenvalue weighted by Crippen LogP contribution is -3.15. The Hall–Kier alpha value is -2.80. The molecule has 2 aromatic carbocycles. The van der Waals surface area contributed by atoms with Gasteiger partial charge in [0.25, 0.3) is 0 Å². The van der Waals surface area contributed by atoms with E-state index in [0.29, 0.717) is 11.6 Å². The lowest BCUT2D eigenvalue weighted by atomic mass is 9.95. The van der Waals surface area contributed by atoms with Crippen LogP contribution in [0.2, 0.25) is 0 Å². The van der Waals surface area contributed by atoms with Gasteiger partial charge >= 0.3 is 0 Å². The standard InChI is InChI=1S/C24H29FN6/c25-22-14-8-7-13-21(22)23(24-26-27-28-31(24)20-11-5-2-6-12-20)30-17-15-29(16-18-30)19-9-3-1-4-10-19/h1,3-4,7-10,13-14,20,23H,2,5-6,11-12,15-18H2/p+1/t23-/m1/s1. The molecule has 0 spiro atoms. The number of hydrogen-bond donors (Lipinski definition) is 1. The van der Waals surface area contributed by atoms with E-state index in [2.05, 4.69) is 44.7 Å². The van der Waals surface area contributed by atoms with Crippen LogP contribution in [-0.2, 0) is 0 Å². The number of hydrogen-bond acceptors (Lipinski definition) is 4. The highest BCUT2D eigenvalue weighted by Crippen LogP contribution is 2.30. The zero-order valence-electron chi connectivity index (χ0n) is 17.8. The topological polar surface area (TPSA) is 51.3 Å². The quantitative estimate of drug-likeness (QED) is 0.688. The van der Waals surface area contributed by atoms with Crippen LogP contribution in [0, 0.1) is 5.82 Å². The first-order valence-electron chi connectivity index (χ1n) is 11.5. The van der Waals surface area contributed by atoms with Crippen molar-refractivity contribution in [2.24, 2.45) is 0 Å². The van der Waals surface area contributed by atoms with Crippen LogP contribution in [0.1, 0.15) is 55.6 Å². The predicted octanol–water partition coefficient (Wildman–Crippen LogP) is 2.81. The fourth-order valence-electron chi connectivity index (χ4n) is 5.21. The van der Waals surface area contributed by atoms with Gasteiger partial charge in [-0.05, 0) is 47.5 Å². The van der Waals surface area contributed by atoms with E-state index in [1.807, 2.05) is 22.9 Å². The summed E-state index contributed by atoms with van der Waals surface area (Å²) >= 11 is 0. The van der Waals surface area contributed by atoms with Crippen molar-refractivity contribution in [3.63, 3.8) is 0 Å². The van der Waals surface area contributed by atoms with Gasteiger partial charge in [0.2, 0.25) is 5.82 Å². The number of anilines is 1. The average Bonchev–Trinajstić information content (AvgIpc) is 3.32. The molecule has 0 radical (unpaired) electrons. The number of quaternary nitrogens is 1. The van der Waals surface area contributed by atoms with Gasteiger partial charge in [0, 0.05) is 5.69 Å². The largest absolute Gasteiger partial charge is 0.360 e. The van der Waals surface area contributed by atoms with Crippen LogP contribution >= 0.6 is 0 Å². The number of tetrazole rings is 1. The third-order valence-electron chi connectivity index (χ3n) is 6.85. The number of para-hydroxylation sites is 1. The number of nitrogens with one attached hydrogen (secondary N) is 1. The van der Waals surface area contributed by atoms with Crippen LogP contribution in [0.4, 0.5) is 10.1 Å². The van der Waals surface area contributed by atoms with E-state index in [9.17, 15) is 0 Å². The van der Waals surface area contributed by atoms with Gasteiger partial charge in [0.05, 0.1) is 37.8 Å². The van der Waals surface area contributed by atoms with Crippen LogP contribution in [0.15, 0.2) is 54.6 Å². The molecule has 1 aromatic heterocycles. The first kappa shape index (κ1) is 20.1. The second kappa shape index (κ2) is 9.14. The van der Waals surface area contributed by atoms with Crippen LogP contribution < -0.4 is 9.80 Å². The lowest BCUT2D eigenvalue weighted by molar-refractivity contribution is -0.927. The summed E-state index contributed by atoms with van der Waals surface area (Å²) in [5.74, 6) is 0.629. The monoisotopic (exact) mass is 421 g/mol. The third-order valence-corrected chi connectivity index (χ3v) is 6.85. The highest BCUT2D eigenvalue weighted by atomic mass is 19.1. The Bertz CT molecular complexity index is 976. The minimum absolute atomic E-state index is 0.177. The summed E-state index contributed by atoms with van der Waals surface area (Å²) in [6.45, 7) is 3.67. The fourth-order valence-corrected chi connectivity index (χ4v) is 5.21. The number of nitrogens with zero attached hydrogens (tertiary/aromatic N) is 5. The van der Waals surface area contributed by atoms with Gasteiger partial charge in [-0.3, -0.25) is 0 Å². The molecule has 1 atom stereocenters. The Labute approximate surface area is 182 Å². The number of benzene rings is 2. The fraction of sp³-hybridized carbons (Fsp3) is 0.458. The van der Waals surface area contributed by atoms with E-state index in [1.165, 1.54) is 29.8 Å². The summed E-state index contributed by atoms with van der Waals surface area (Å²) in [6, 6.07) is 17.8. The van der Waals surface area contributed by atoms with E-state index in [4.69, 9.17) is 0 Å². The summed E-state index contributed by atoms with van der Waals surface area (Å²) in [5, 5.41) is 12.9. The van der Waals surface area contributed by atoms with Crippen molar-refractivity contribution in [1.29, 1.82) is 0 Å². The normalized spacial score (nSPS) is 19.5. The van der Waals surface area contributed by atoms with E-state index < -0.39 is 0 Å². The summed E-state index contributed by atoms with van der Waals surface area (Å²) < 4.78 is 17.0. The SMILES string of the molecule is Fc1ccccc1[C@H](c1nnnn1C1CCCCC1)[NH+]1CCN(c2ccccc2)CC1. The van der Waals surface area contributed by atoms with E-state index in [-0.39, 0.29) is 11.9 Å². The van der Waals surface area contributed by atoms with E-state index >= 15 is 4.39 Å². The average molecular weight is 422 g/mol. The van der Waals surface area contributed by atoms with Crippen molar-refractivity contribution in [2.45, 2.75) is 44.2 Å². The van der Waals surface area contributed by atoms with Gasteiger partial charge in [0.15, 0.2) is 6.04 Å². The molecular weight excluding hydrogens is 391 g/mol. The number of aromatic nitrogens is 4. The van der Waals surface area contributed by atoms with Crippen molar-refractivity contribution in [3.8, 4) is 0 Å². The molecule has 0 bridgehead atoms. The van der Waals surface area contributed by atoms with Gasteiger partial charge in [-0.15, -0.1) is 5.10 Å². The number of piperazine rings is 1. The number of rotatable bonds is 5. The second-order valence-corrected chi connectivity index (χ2v) is 8.71. The van der Waals surface area contributed by atoms with Crippen LogP contribution in [-0.4, -0.2) is 46.4 Å². The molecule has 2 fully saturated rings. The van der Waals surface area contributed by atoms with Crippen molar-refractivity contribution < 1.29 is 9.29 Å². The summed E-state index contributed by atoms with van der Waals surface area (Å²) in [5.41, 5.74) is 1.94. The van der Waals surface area contributed by atoms with Gasteiger partial charge in [-0.25, -0.2) is 9.07 Å². The highest BCUT2D eigenvalue weighted by Gasteiger charge is 2.37. The Morgan fingerprint density at radius 3 is 2.35 bits per heavy atom. The van der Waals surface area contributed by atoms with Gasteiger partial charge in [-0.2, -0.15) is 0 Å². The molecule has 2 aliphatic rings. The minimum atomic E-state index is -0.198. The summed E-state index contributed by atoms with van der Waals surface area (Å²) in [7, 11) is 0. The molecule has 3 aromatic rings. The first-order valence-corrected chi connectivity index (χ1v) is 11.5. The Balaban J connectivity index is 1.44. The molecule has 1 aliphatic heterocycles. The minimum Gasteiger partial charge on any atom is -0.360 e. The maximum Gasteiger partial charge on any atom is 0.214 e.